The summed E-state index contributed by atoms with van der Waals surface area (Å²) in [6, 6.07) is 3.30. The van der Waals surface area contributed by atoms with Gasteiger partial charge in [0.15, 0.2) is 5.75 Å². The molecule has 0 radical (unpaired) electrons. The molecule has 8 nitrogen and oxygen atoms in total. The van der Waals surface area contributed by atoms with Gasteiger partial charge >= 0.3 is 0 Å². The van der Waals surface area contributed by atoms with Crippen LogP contribution in [0.2, 0.25) is 0 Å². The van der Waals surface area contributed by atoms with Crippen molar-refractivity contribution in [1.82, 2.24) is 0 Å². The Kier molecular flexibility index (Phi) is 3.01. The van der Waals surface area contributed by atoms with Gasteiger partial charge in [0, 0.05) is 12.1 Å². The average Bonchev–Trinajstić information content (AvgIpc) is 2.16. The summed E-state index contributed by atoms with van der Waals surface area (Å²) in [5.74, 6) is -0.256. The third-order valence-electron chi connectivity index (χ3n) is 1.53. The minimum absolute atomic E-state index is 0.0531. The zero-order valence-corrected chi connectivity index (χ0v) is 7.58. The molecule has 0 bridgehead atoms. The van der Waals surface area contributed by atoms with Crippen molar-refractivity contribution in [2.24, 2.45) is 0 Å². The summed E-state index contributed by atoms with van der Waals surface area (Å²) in [4.78, 5) is 23.9. The Morgan fingerprint density at radius 1 is 1.20 bits per heavy atom. The predicted octanol–water partition coefficient (Wildman–Crippen LogP) is 1.17. The number of hydrogen-bond acceptors (Lipinski definition) is 6. The zero-order chi connectivity index (χ0) is 11.4. The van der Waals surface area contributed by atoms with E-state index in [1.165, 1.54) is 13.2 Å². The van der Waals surface area contributed by atoms with Crippen LogP contribution < -0.4 is 9.57 Å². The van der Waals surface area contributed by atoms with Crippen molar-refractivity contribution in [3.63, 3.8) is 0 Å². The van der Waals surface area contributed by atoms with Gasteiger partial charge in [-0.15, -0.1) is 10.1 Å². The van der Waals surface area contributed by atoms with Crippen LogP contribution in [0.25, 0.3) is 0 Å². The first-order valence-corrected chi connectivity index (χ1v) is 3.69. The van der Waals surface area contributed by atoms with Gasteiger partial charge < -0.3 is 4.74 Å². The van der Waals surface area contributed by atoms with Gasteiger partial charge in [-0.1, -0.05) is 0 Å². The summed E-state index contributed by atoms with van der Waals surface area (Å²) in [5.41, 5.74) is -0.312. The molecule has 15 heavy (non-hydrogen) atoms. The smallest absolute Gasteiger partial charge is 0.299 e. The first-order valence-electron chi connectivity index (χ1n) is 3.69. The van der Waals surface area contributed by atoms with Gasteiger partial charge in [0.25, 0.3) is 10.8 Å². The van der Waals surface area contributed by atoms with E-state index in [0.29, 0.717) is 0 Å². The third kappa shape index (κ3) is 2.53. The van der Waals surface area contributed by atoms with Crippen LogP contribution >= 0.6 is 0 Å². The molecular formula is C7H6N2O6. The van der Waals surface area contributed by atoms with Gasteiger partial charge in [-0.3, -0.25) is 15.0 Å². The van der Waals surface area contributed by atoms with E-state index in [2.05, 4.69) is 4.84 Å². The maximum absolute atomic E-state index is 10.4. The van der Waals surface area contributed by atoms with Crippen LogP contribution in [-0.4, -0.2) is 17.1 Å². The highest BCUT2D eigenvalue weighted by Gasteiger charge is 2.14. The highest BCUT2D eigenvalue weighted by atomic mass is 17.0. The summed E-state index contributed by atoms with van der Waals surface area (Å²) >= 11 is 0. The second-order valence-corrected chi connectivity index (χ2v) is 2.41. The molecule has 0 N–H and O–H groups in total. The SMILES string of the molecule is COc1ccc([N+](=O)[O-])cc1O[N+](=O)[O-]. The number of nitro benzene ring substituents is 1. The fourth-order valence-corrected chi connectivity index (χ4v) is 0.931. The summed E-state index contributed by atoms with van der Waals surface area (Å²) in [6.45, 7) is 0. The molecule has 0 saturated heterocycles. The van der Waals surface area contributed by atoms with Gasteiger partial charge in [0.05, 0.1) is 12.0 Å². The van der Waals surface area contributed by atoms with Crippen LogP contribution in [0.5, 0.6) is 11.5 Å². The fraction of sp³-hybridized carbons (Fsp3) is 0.143. The molecule has 1 aromatic carbocycles. The van der Waals surface area contributed by atoms with Crippen LogP contribution in [0.4, 0.5) is 5.69 Å². The van der Waals surface area contributed by atoms with E-state index in [0.717, 1.165) is 12.1 Å². The second-order valence-electron chi connectivity index (χ2n) is 2.41. The van der Waals surface area contributed by atoms with E-state index < -0.39 is 10.0 Å². The lowest BCUT2D eigenvalue weighted by molar-refractivity contribution is -0.711. The minimum Gasteiger partial charge on any atom is -0.494 e. The monoisotopic (exact) mass is 214 g/mol. The topological polar surface area (TPSA) is 105 Å². The van der Waals surface area contributed by atoms with Gasteiger partial charge in [-0.05, 0) is 6.07 Å². The Morgan fingerprint density at radius 3 is 2.33 bits per heavy atom. The molecule has 0 atom stereocenters. The van der Waals surface area contributed by atoms with Crippen molar-refractivity contribution >= 4 is 5.69 Å². The van der Waals surface area contributed by atoms with Crippen molar-refractivity contribution < 1.29 is 19.6 Å². The lowest BCUT2D eigenvalue weighted by Crippen LogP contribution is -2.05. The van der Waals surface area contributed by atoms with E-state index in [-0.39, 0.29) is 17.2 Å². The molecule has 0 amide bonds. The standard InChI is InChI=1S/C7H6N2O6/c1-14-6-3-2-5(8(10)11)4-7(6)15-9(12)13/h2-4H,1H3. The Morgan fingerprint density at radius 2 is 1.87 bits per heavy atom. The first kappa shape index (κ1) is 10.7. The summed E-state index contributed by atoms with van der Waals surface area (Å²) in [5, 5.41) is 19.4. The molecule has 0 saturated carbocycles. The molecule has 0 heterocycles. The van der Waals surface area contributed by atoms with Gasteiger partial charge in [0.2, 0.25) is 0 Å². The van der Waals surface area contributed by atoms with E-state index in [4.69, 9.17) is 4.74 Å². The molecule has 0 unspecified atom stereocenters. The highest BCUT2D eigenvalue weighted by molar-refractivity contribution is 5.48. The highest BCUT2D eigenvalue weighted by Crippen LogP contribution is 2.30. The Bertz CT molecular complexity index is 404. The van der Waals surface area contributed by atoms with Crippen LogP contribution in [0.15, 0.2) is 18.2 Å². The maximum Gasteiger partial charge on any atom is 0.299 e. The summed E-state index contributed by atoms with van der Waals surface area (Å²) in [6.07, 6.45) is 0. The Hall–Kier alpha value is -2.38. The quantitative estimate of drug-likeness (QED) is 0.550. The second kappa shape index (κ2) is 4.22. The lowest BCUT2D eigenvalue weighted by Gasteiger charge is -2.04. The summed E-state index contributed by atoms with van der Waals surface area (Å²) in [7, 11) is 1.27. The van der Waals surface area contributed by atoms with Crippen molar-refractivity contribution in [1.29, 1.82) is 0 Å². The molecule has 1 aromatic rings. The zero-order valence-electron chi connectivity index (χ0n) is 7.58. The molecular weight excluding hydrogens is 208 g/mol. The number of methoxy groups -OCH3 is 1. The van der Waals surface area contributed by atoms with E-state index in [9.17, 15) is 20.2 Å². The minimum atomic E-state index is -1.07. The molecule has 0 spiro atoms. The van der Waals surface area contributed by atoms with Gasteiger partial charge in [0.1, 0.15) is 5.75 Å². The number of nitrogens with zero attached hydrogens (tertiary/aromatic N) is 2. The number of rotatable bonds is 4. The molecule has 8 heteroatoms. The Labute approximate surface area is 83.3 Å². The van der Waals surface area contributed by atoms with Crippen molar-refractivity contribution in [3.8, 4) is 11.5 Å². The molecule has 0 aliphatic rings. The van der Waals surface area contributed by atoms with Crippen LogP contribution in [-0.2, 0) is 0 Å². The van der Waals surface area contributed by atoms with E-state index in [1.807, 2.05) is 0 Å². The van der Waals surface area contributed by atoms with E-state index >= 15 is 0 Å². The van der Waals surface area contributed by atoms with Crippen LogP contribution in [0.1, 0.15) is 0 Å². The predicted molar refractivity (Wildman–Crippen MR) is 47.3 cm³/mol. The third-order valence-corrected chi connectivity index (χ3v) is 1.53. The van der Waals surface area contributed by atoms with Crippen molar-refractivity contribution in [3.05, 3.63) is 38.4 Å². The number of ether oxygens (including phenoxy) is 1. The molecule has 80 valence electrons. The largest absolute Gasteiger partial charge is 0.494 e. The molecule has 0 aliphatic carbocycles. The van der Waals surface area contributed by atoms with Gasteiger partial charge in [-0.2, -0.15) is 0 Å². The maximum atomic E-state index is 10.4. The fourth-order valence-electron chi connectivity index (χ4n) is 0.931. The molecule has 0 fully saturated rings. The number of benzene rings is 1. The molecule has 0 aliphatic heterocycles. The van der Waals surface area contributed by atoms with E-state index in [1.54, 1.807) is 0 Å². The Balaban J connectivity index is 3.12. The summed E-state index contributed by atoms with van der Waals surface area (Å²) < 4.78 is 4.73. The molecule has 1 rings (SSSR count). The number of nitro groups is 1. The van der Waals surface area contributed by atoms with Gasteiger partial charge in [-0.25, -0.2) is 0 Å². The van der Waals surface area contributed by atoms with Crippen LogP contribution in [0, 0.1) is 20.2 Å². The molecule has 0 aromatic heterocycles. The normalized spacial score (nSPS) is 9.40. The van der Waals surface area contributed by atoms with Crippen molar-refractivity contribution in [2.75, 3.05) is 7.11 Å². The average molecular weight is 214 g/mol. The number of hydrogen-bond donors (Lipinski definition) is 0. The van der Waals surface area contributed by atoms with Crippen molar-refractivity contribution in [2.45, 2.75) is 0 Å². The van der Waals surface area contributed by atoms with Crippen LogP contribution in [0.3, 0.4) is 0 Å². The number of non-ortho nitro benzene ring substituents is 1. The lowest BCUT2D eigenvalue weighted by atomic mass is 10.3. The first-order chi connectivity index (χ1) is 7.04.